The van der Waals surface area contributed by atoms with Gasteiger partial charge in [0.25, 0.3) is 0 Å². The van der Waals surface area contributed by atoms with Crippen molar-refractivity contribution in [2.45, 2.75) is 69.6 Å². The number of hydrogen-bond acceptors (Lipinski definition) is 5. The van der Waals surface area contributed by atoms with Crippen LogP contribution < -0.4 is 5.32 Å². The third-order valence-electron chi connectivity index (χ3n) is 5.89. The molecule has 0 unspecified atom stereocenters. The second-order valence-electron chi connectivity index (χ2n) is 8.40. The molecule has 6 nitrogen and oxygen atoms in total. The highest BCUT2D eigenvalue weighted by atomic mass is 35.5. The summed E-state index contributed by atoms with van der Waals surface area (Å²) >= 11 is 13.9. The van der Waals surface area contributed by atoms with Crippen LogP contribution in [0.4, 0.5) is 0 Å². The molecule has 1 heterocycles. The van der Waals surface area contributed by atoms with Crippen molar-refractivity contribution >= 4 is 40.9 Å². The summed E-state index contributed by atoms with van der Waals surface area (Å²) in [6.45, 7) is 5.57. The number of thioether (sulfide) groups is 1. The molecular weight excluding hydrogens is 453 g/mol. The van der Waals surface area contributed by atoms with E-state index in [0.29, 0.717) is 21.0 Å². The van der Waals surface area contributed by atoms with Gasteiger partial charge in [-0.25, -0.2) is 0 Å². The third-order valence-corrected chi connectivity index (χ3v) is 7.39. The van der Waals surface area contributed by atoms with E-state index in [-0.39, 0.29) is 23.6 Å². The van der Waals surface area contributed by atoms with E-state index in [1.807, 2.05) is 19.9 Å². The number of carbonyl (C=O) groups is 1. The molecule has 9 heteroatoms. The number of nitriles is 1. The van der Waals surface area contributed by atoms with Crippen LogP contribution in [0.5, 0.6) is 0 Å². The number of carbonyl (C=O) groups excluding carboxylic acids is 1. The lowest BCUT2D eigenvalue weighted by molar-refractivity contribution is -0.120. The SMILES string of the molecule is CC(C)[C@](C)(C#N)NC(=O)CSc1nnc(-c2ccc(Cl)cc2Cl)n1C1CCCCC1. The molecule has 1 aliphatic rings. The molecule has 1 fully saturated rings. The predicted octanol–water partition coefficient (Wildman–Crippen LogP) is 5.90. The number of rotatable bonds is 7. The molecule has 1 N–H and O–H groups in total. The van der Waals surface area contributed by atoms with Crippen molar-refractivity contribution in [1.82, 2.24) is 20.1 Å². The molecule has 2 aromatic rings. The number of hydrogen-bond donors (Lipinski definition) is 1. The Morgan fingerprint density at radius 2 is 2.03 bits per heavy atom. The Morgan fingerprint density at radius 1 is 1.32 bits per heavy atom. The van der Waals surface area contributed by atoms with Gasteiger partial charge in [-0.1, -0.05) is 68.1 Å². The zero-order chi connectivity index (χ0) is 22.6. The number of aromatic nitrogens is 3. The van der Waals surface area contributed by atoms with Gasteiger partial charge < -0.3 is 5.32 Å². The second kappa shape index (κ2) is 10.2. The van der Waals surface area contributed by atoms with Crippen LogP contribution in [0.25, 0.3) is 11.4 Å². The molecule has 3 rings (SSSR count). The van der Waals surface area contributed by atoms with Crippen LogP contribution in [0.3, 0.4) is 0 Å². The van der Waals surface area contributed by atoms with Crippen molar-refractivity contribution in [3.63, 3.8) is 0 Å². The Bertz CT molecular complexity index is 981. The van der Waals surface area contributed by atoms with Gasteiger partial charge in [-0.05, 0) is 43.9 Å². The lowest BCUT2D eigenvalue weighted by Crippen LogP contribution is -2.49. The maximum atomic E-state index is 12.6. The Hall–Kier alpha value is -1.75. The Balaban J connectivity index is 1.86. The standard InChI is InChI=1S/C22H27Cl2N5OS/c1-14(2)22(3,13-25)26-19(30)12-31-21-28-27-20(17-10-9-15(23)11-18(17)24)29(21)16-7-5-4-6-8-16/h9-11,14,16H,4-8,12H2,1-3H3,(H,26,30)/t22-/m0/s1. The molecule has 1 aromatic heterocycles. The summed E-state index contributed by atoms with van der Waals surface area (Å²) in [4.78, 5) is 12.6. The highest BCUT2D eigenvalue weighted by Crippen LogP contribution is 2.38. The summed E-state index contributed by atoms with van der Waals surface area (Å²) in [5.41, 5.74) is -0.131. The molecule has 0 bridgehead atoms. The molecule has 1 saturated carbocycles. The molecular formula is C22H27Cl2N5OS. The van der Waals surface area contributed by atoms with Gasteiger partial charge in [0.1, 0.15) is 5.54 Å². The zero-order valence-corrected chi connectivity index (χ0v) is 20.3. The minimum absolute atomic E-state index is 0.00371. The summed E-state index contributed by atoms with van der Waals surface area (Å²) in [6.07, 6.45) is 5.60. The average Bonchev–Trinajstić information content (AvgIpc) is 3.16. The van der Waals surface area contributed by atoms with Gasteiger partial charge in [0, 0.05) is 16.6 Å². The fourth-order valence-corrected chi connectivity index (χ4v) is 4.95. The molecule has 0 spiro atoms. The fourth-order valence-electron chi connectivity index (χ4n) is 3.66. The molecule has 166 valence electrons. The van der Waals surface area contributed by atoms with Gasteiger partial charge in [-0.2, -0.15) is 5.26 Å². The molecule has 1 aromatic carbocycles. The predicted molar refractivity (Wildman–Crippen MR) is 125 cm³/mol. The van der Waals surface area contributed by atoms with Crippen LogP contribution in [0.2, 0.25) is 10.0 Å². The van der Waals surface area contributed by atoms with Crippen LogP contribution in [0.1, 0.15) is 58.9 Å². The number of benzene rings is 1. The highest BCUT2D eigenvalue weighted by Gasteiger charge is 2.30. The molecule has 0 aliphatic heterocycles. The van der Waals surface area contributed by atoms with E-state index in [1.54, 1.807) is 19.1 Å². The lowest BCUT2D eigenvalue weighted by atomic mass is 9.90. The number of nitrogens with zero attached hydrogens (tertiary/aromatic N) is 4. The first-order chi connectivity index (χ1) is 14.7. The summed E-state index contributed by atoms with van der Waals surface area (Å²) in [5, 5.41) is 22.9. The van der Waals surface area contributed by atoms with E-state index in [2.05, 4.69) is 26.2 Å². The molecule has 1 amide bonds. The van der Waals surface area contributed by atoms with E-state index in [9.17, 15) is 10.1 Å². The van der Waals surface area contributed by atoms with E-state index in [4.69, 9.17) is 23.2 Å². The van der Waals surface area contributed by atoms with Gasteiger partial charge in [-0.3, -0.25) is 9.36 Å². The van der Waals surface area contributed by atoms with Crippen LogP contribution in [-0.2, 0) is 4.79 Å². The van der Waals surface area contributed by atoms with Crippen LogP contribution in [0, 0.1) is 17.2 Å². The Labute approximate surface area is 197 Å². The summed E-state index contributed by atoms with van der Waals surface area (Å²) in [7, 11) is 0. The summed E-state index contributed by atoms with van der Waals surface area (Å²) in [5.74, 6) is 0.645. The molecule has 1 atom stereocenters. The van der Waals surface area contributed by atoms with Crippen LogP contribution in [-0.4, -0.2) is 32.0 Å². The minimum Gasteiger partial charge on any atom is -0.337 e. The average molecular weight is 480 g/mol. The Morgan fingerprint density at radius 3 is 2.65 bits per heavy atom. The number of halogens is 2. The van der Waals surface area contributed by atoms with Crippen LogP contribution in [0.15, 0.2) is 23.4 Å². The zero-order valence-electron chi connectivity index (χ0n) is 18.0. The van der Waals surface area contributed by atoms with E-state index < -0.39 is 5.54 Å². The fraction of sp³-hybridized carbons (Fsp3) is 0.545. The van der Waals surface area contributed by atoms with E-state index >= 15 is 0 Å². The molecule has 0 saturated heterocycles. The molecule has 31 heavy (non-hydrogen) atoms. The topological polar surface area (TPSA) is 83.6 Å². The largest absolute Gasteiger partial charge is 0.337 e. The van der Waals surface area contributed by atoms with Crippen molar-refractivity contribution in [2.24, 2.45) is 5.92 Å². The van der Waals surface area contributed by atoms with Gasteiger partial charge in [0.15, 0.2) is 11.0 Å². The van der Waals surface area contributed by atoms with E-state index in [0.717, 1.165) is 31.2 Å². The van der Waals surface area contributed by atoms with Crippen molar-refractivity contribution in [3.05, 3.63) is 28.2 Å². The smallest absolute Gasteiger partial charge is 0.231 e. The minimum atomic E-state index is -0.906. The van der Waals surface area contributed by atoms with Crippen molar-refractivity contribution < 1.29 is 4.79 Å². The first kappa shape index (κ1) is 23.9. The van der Waals surface area contributed by atoms with Crippen molar-refractivity contribution in [3.8, 4) is 17.5 Å². The monoisotopic (exact) mass is 479 g/mol. The van der Waals surface area contributed by atoms with Crippen LogP contribution >= 0.6 is 35.0 Å². The van der Waals surface area contributed by atoms with Gasteiger partial charge >= 0.3 is 0 Å². The Kier molecular flexibility index (Phi) is 7.90. The summed E-state index contributed by atoms with van der Waals surface area (Å²) < 4.78 is 2.12. The maximum Gasteiger partial charge on any atom is 0.231 e. The normalized spacial score (nSPS) is 16.7. The second-order valence-corrected chi connectivity index (χ2v) is 10.2. The van der Waals surface area contributed by atoms with Gasteiger partial charge in [0.2, 0.25) is 5.91 Å². The first-order valence-electron chi connectivity index (χ1n) is 10.5. The number of nitrogens with one attached hydrogen (secondary N) is 1. The first-order valence-corrected chi connectivity index (χ1v) is 12.2. The maximum absolute atomic E-state index is 12.6. The van der Waals surface area contributed by atoms with Gasteiger partial charge in [-0.15, -0.1) is 10.2 Å². The quantitative estimate of drug-likeness (QED) is 0.499. The highest BCUT2D eigenvalue weighted by molar-refractivity contribution is 7.99. The molecule has 1 aliphatic carbocycles. The summed E-state index contributed by atoms with van der Waals surface area (Å²) in [6, 6.07) is 7.82. The van der Waals surface area contributed by atoms with Gasteiger partial charge in [0.05, 0.1) is 16.8 Å². The lowest BCUT2D eigenvalue weighted by Gasteiger charge is -2.27. The van der Waals surface area contributed by atoms with Crippen molar-refractivity contribution in [1.29, 1.82) is 5.26 Å². The van der Waals surface area contributed by atoms with E-state index in [1.165, 1.54) is 18.2 Å². The van der Waals surface area contributed by atoms with Crippen molar-refractivity contribution in [2.75, 3.05) is 5.75 Å². The molecule has 0 radical (unpaired) electrons. The number of amides is 1. The third kappa shape index (κ3) is 5.54.